The number of nitro benzene ring substituents is 1. The number of carbonyl (C=O) groups is 1. The van der Waals surface area contributed by atoms with E-state index in [1.807, 2.05) is 30.3 Å². The fourth-order valence-electron chi connectivity index (χ4n) is 2.97. The maximum atomic E-state index is 12.7. The first-order valence-corrected chi connectivity index (χ1v) is 8.40. The third kappa shape index (κ3) is 3.17. The minimum Gasteiger partial charge on any atom is -0.486 e. The highest BCUT2D eigenvalue weighted by atomic mass is 16.6. The minimum absolute atomic E-state index is 0.0905. The summed E-state index contributed by atoms with van der Waals surface area (Å²) >= 11 is 0. The SMILES string of the molecule is CC(NC(=O)c1cc2c(cc1[N+](=O)[O-])OCCO2)c1cc2ccccc2o1. The molecule has 1 atom stereocenters. The summed E-state index contributed by atoms with van der Waals surface area (Å²) in [6, 6.07) is 11.4. The molecule has 3 aromatic rings. The molecular formula is C19H16N2O6. The third-order valence-electron chi connectivity index (χ3n) is 4.32. The molecule has 0 saturated carbocycles. The number of fused-ring (bicyclic) bond motifs is 2. The molecule has 138 valence electrons. The highest BCUT2D eigenvalue weighted by Gasteiger charge is 2.27. The standard InChI is InChI=1S/C19H16N2O6/c1-11(16-8-12-4-2-3-5-15(12)27-16)20-19(22)13-9-17-18(26-7-6-25-17)10-14(13)21(23)24/h2-5,8-11H,6-7H2,1H3,(H,20,22). The molecule has 0 saturated heterocycles. The van der Waals surface area contributed by atoms with Crippen molar-refractivity contribution < 1.29 is 23.6 Å². The molecule has 2 heterocycles. The number of amides is 1. The zero-order chi connectivity index (χ0) is 19.0. The second-order valence-corrected chi connectivity index (χ2v) is 6.15. The third-order valence-corrected chi connectivity index (χ3v) is 4.32. The van der Waals surface area contributed by atoms with Gasteiger partial charge in [0.25, 0.3) is 11.6 Å². The molecule has 0 fully saturated rings. The van der Waals surface area contributed by atoms with Crippen molar-refractivity contribution in [2.45, 2.75) is 13.0 Å². The van der Waals surface area contributed by atoms with Crippen LogP contribution in [0.25, 0.3) is 11.0 Å². The Morgan fingerprint density at radius 3 is 2.56 bits per heavy atom. The lowest BCUT2D eigenvalue weighted by Gasteiger charge is -2.19. The Kier molecular flexibility index (Phi) is 4.15. The van der Waals surface area contributed by atoms with E-state index in [1.54, 1.807) is 6.92 Å². The summed E-state index contributed by atoms with van der Waals surface area (Å²) in [5.41, 5.74) is 0.277. The lowest BCUT2D eigenvalue weighted by molar-refractivity contribution is -0.385. The lowest BCUT2D eigenvalue weighted by Crippen LogP contribution is -2.27. The Morgan fingerprint density at radius 1 is 1.15 bits per heavy atom. The number of benzene rings is 2. The second kappa shape index (κ2) is 6.64. The van der Waals surface area contributed by atoms with Crippen LogP contribution in [0.2, 0.25) is 0 Å². The molecule has 8 nitrogen and oxygen atoms in total. The molecular weight excluding hydrogens is 352 g/mol. The van der Waals surface area contributed by atoms with Gasteiger partial charge < -0.3 is 19.2 Å². The second-order valence-electron chi connectivity index (χ2n) is 6.15. The number of nitro groups is 1. The van der Waals surface area contributed by atoms with Gasteiger partial charge in [0, 0.05) is 11.5 Å². The molecule has 2 aromatic carbocycles. The van der Waals surface area contributed by atoms with Gasteiger partial charge in [-0.05, 0) is 19.1 Å². The van der Waals surface area contributed by atoms with Crippen LogP contribution in [-0.4, -0.2) is 24.0 Å². The maximum Gasteiger partial charge on any atom is 0.286 e. The maximum absolute atomic E-state index is 12.7. The fraction of sp³-hybridized carbons (Fsp3) is 0.211. The summed E-state index contributed by atoms with van der Waals surface area (Å²) in [5, 5.41) is 15.1. The van der Waals surface area contributed by atoms with Gasteiger partial charge in [-0.15, -0.1) is 0 Å². The van der Waals surface area contributed by atoms with Gasteiger partial charge in [-0.3, -0.25) is 14.9 Å². The van der Waals surface area contributed by atoms with E-state index in [0.717, 1.165) is 5.39 Å². The topological polar surface area (TPSA) is 104 Å². The summed E-state index contributed by atoms with van der Waals surface area (Å²) in [4.78, 5) is 23.5. The van der Waals surface area contributed by atoms with Crippen molar-refractivity contribution >= 4 is 22.6 Å². The van der Waals surface area contributed by atoms with Crippen molar-refractivity contribution in [1.29, 1.82) is 0 Å². The van der Waals surface area contributed by atoms with Crippen LogP contribution in [0.5, 0.6) is 11.5 Å². The molecule has 1 N–H and O–H groups in total. The first-order valence-electron chi connectivity index (χ1n) is 8.40. The summed E-state index contributed by atoms with van der Waals surface area (Å²) in [6.45, 7) is 2.37. The van der Waals surface area contributed by atoms with Crippen LogP contribution < -0.4 is 14.8 Å². The molecule has 1 aliphatic rings. The van der Waals surface area contributed by atoms with Crippen molar-refractivity contribution in [1.82, 2.24) is 5.32 Å². The van der Waals surface area contributed by atoms with Gasteiger partial charge in [-0.2, -0.15) is 0 Å². The largest absolute Gasteiger partial charge is 0.486 e. The predicted octanol–water partition coefficient (Wildman–Crippen LogP) is 3.60. The molecule has 1 unspecified atom stereocenters. The Morgan fingerprint density at radius 2 is 1.85 bits per heavy atom. The van der Waals surface area contributed by atoms with Crippen molar-refractivity contribution in [2.75, 3.05) is 13.2 Å². The Hall–Kier alpha value is -3.55. The average Bonchev–Trinajstić information content (AvgIpc) is 3.11. The zero-order valence-electron chi connectivity index (χ0n) is 14.4. The van der Waals surface area contributed by atoms with Crippen LogP contribution in [0.1, 0.15) is 29.1 Å². The molecule has 1 amide bonds. The van der Waals surface area contributed by atoms with Gasteiger partial charge in [0.2, 0.25) is 0 Å². The number of hydrogen-bond donors (Lipinski definition) is 1. The van der Waals surface area contributed by atoms with Crippen molar-refractivity contribution in [3.05, 3.63) is 63.9 Å². The van der Waals surface area contributed by atoms with Crippen molar-refractivity contribution in [3.8, 4) is 11.5 Å². The molecule has 0 bridgehead atoms. The Balaban J connectivity index is 1.62. The van der Waals surface area contributed by atoms with Crippen LogP contribution in [0.4, 0.5) is 5.69 Å². The van der Waals surface area contributed by atoms with E-state index in [1.165, 1.54) is 12.1 Å². The molecule has 27 heavy (non-hydrogen) atoms. The molecule has 1 aliphatic heterocycles. The van der Waals surface area contributed by atoms with Gasteiger partial charge in [0.05, 0.1) is 17.0 Å². The summed E-state index contributed by atoms with van der Waals surface area (Å²) in [7, 11) is 0. The lowest BCUT2D eigenvalue weighted by atomic mass is 10.1. The smallest absolute Gasteiger partial charge is 0.286 e. The van der Waals surface area contributed by atoms with E-state index in [-0.39, 0.29) is 17.0 Å². The first kappa shape index (κ1) is 16.9. The van der Waals surface area contributed by atoms with Gasteiger partial charge >= 0.3 is 0 Å². The van der Waals surface area contributed by atoms with Crippen LogP contribution in [0.3, 0.4) is 0 Å². The number of carbonyl (C=O) groups excluding carboxylic acids is 1. The highest BCUT2D eigenvalue weighted by molar-refractivity contribution is 5.99. The normalized spacial score (nSPS) is 14.0. The van der Waals surface area contributed by atoms with E-state index in [0.29, 0.717) is 30.3 Å². The quantitative estimate of drug-likeness (QED) is 0.557. The number of nitrogens with one attached hydrogen (secondary N) is 1. The van der Waals surface area contributed by atoms with Crippen LogP contribution in [0, 0.1) is 10.1 Å². The number of ether oxygens (including phenoxy) is 2. The Labute approximate surface area is 153 Å². The van der Waals surface area contributed by atoms with E-state index in [2.05, 4.69) is 5.32 Å². The molecule has 0 spiro atoms. The number of para-hydroxylation sites is 1. The minimum atomic E-state index is -0.612. The molecule has 1 aromatic heterocycles. The first-order chi connectivity index (χ1) is 13.0. The molecule has 0 aliphatic carbocycles. The fourth-order valence-corrected chi connectivity index (χ4v) is 2.97. The summed E-state index contributed by atoms with van der Waals surface area (Å²) in [6.07, 6.45) is 0. The number of rotatable bonds is 4. The summed E-state index contributed by atoms with van der Waals surface area (Å²) < 4.78 is 16.5. The zero-order valence-corrected chi connectivity index (χ0v) is 14.4. The molecule has 8 heteroatoms. The molecule has 4 rings (SSSR count). The van der Waals surface area contributed by atoms with E-state index < -0.39 is 16.9 Å². The van der Waals surface area contributed by atoms with Crippen LogP contribution in [0.15, 0.2) is 46.9 Å². The van der Waals surface area contributed by atoms with Crippen LogP contribution in [-0.2, 0) is 0 Å². The van der Waals surface area contributed by atoms with Crippen molar-refractivity contribution in [3.63, 3.8) is 0 Å². The predicted molar refractivity (Wildman–Crippen MR) is 96.2 cm³/mol. The summed E-state index contributed by atoms with van der Waals surface area (Å²) in [5.74, 6) is 0.541. The van der Waals surface area contributed by atoms with Gasteiger partial charge in [0.15, 0.2) is 11.5 Å². The monoisotopic (exact) mass is 368 g/mol. The van der Waals surface area contributed by atoms with E-state index >= 15 is 0 Å². The van der Waals surface area contributed by atoms with Gasteiger partial charge in [-0.1, -0.05) is 18.2 Å². The average molecular weight is 368 g/mol. The van der Waals surface area contributed by atoms with Gasteiger partial charge in [0.1, 0.15) is 30.1 Å². The van der Waals surface area contributed by atoms with Crippen LogP contribution >= 0.6 is 0 Å². The number of hydrogen-bond acceptors (Lipinski definition) is 6. The molecule has 0 radical (unpaired) electrons. The van der Waals surface area contributed by atoms with Crippen molar-refractivity contribution in [2.24, 2.45) is 0 Å². The highest BCUT2D eigenvalue weighted by Crippen LogP contribution is 2.36. The van der Waals surface area contributed by atoms with E-state index in [4.69, 9.17) is 13.9 Å². The number of nitrogens with zero attached hydrogens (tertiary/aromatic N) is 1. The van der Waals surface area contributed by atoms with Gasteiger partial charge in [-0.25, -0.2) is 0 Å². The Bertz CT molecular complexity index is 1010. The number of furan rings is 1. The van der Waals surface area contributed by atoms with E-state index in [9.17, 15) is 14.9 Å².